The van der Waals surface area contributed by atoms with Gasteiger partial charge in [0.1, 0.15) is 22.7 Å². The number of anilines is 2. The minimum atomic E-state index is -0.808. The third kappa shape index (κ3) is 4.43. The number of carbonyl (C=O) groups is 1. The lowest BCUT2D eigenvalue weighted by molar-refractivity contribution is 0.0603. The summed E-state index contributed by atoms with van der Waals surface area (Å²) in [5.41, 5.74) is 1.26. The van der Waals surface area contributed by atoms with E-state index in [1.807, 2.05) is 31.7 Å². The van der Waals surface area contributed by atoms with Crippen LogP contribution in [0.25, 0.3) is 4.85 Å². The van der Waals surface area contributed by atoms with Gasteiger partial charge in [0.05, 0.1) is 6.57 Å². The number of thiocarbonyl (C=S) groups is 1. The molecule has 1 amide bonds. The van der Waals surface area contributed by atoms with Crippen molar-refractivity contribution in [1.29, 1.82) is 0 Å². The molecule has 0 aromatic heterocycles. The van der Waals surface area contributed by atoms with Crippen molar-refractivity contribution in [3.8, 4) is 5.75 Å². The average molecular weight is 451 g/mol. The monoisotopic (exact) mass is 450 g/mol. The van der Waals surface area contributed by atoms with E-state index in [0.29, 0.717) is 22.3 Å². The van der Waals surface area contributed by atoms with Gasteiger partial charge in [0.25, 0.3) is 0 Å². The number of amidine groups is 1. The summed E-state index contributed by atoms with van der Waals surface area (Å²) in [6, 6.07) is 12.0. The fraction of sp³-hybridized carbons (Fsp3) is 0.333. The lowest BCUT2D eigenvalue weighted by atomic mass is 10.0. The topological polar surface area (TPSA) is 69.7 Å². The number of benzene rings is 2. The van der Waals surface area contributed by atoms with Gasteiger partial charge in [-0.15, -0.1) is 0 Å². The van der Waals surface area contributed by atoms with Gasteiger partial charge in [-0.2, -0.15) is 4.99 Å². The largest absolute Gasteiger partial charge is 0.508 e. The number of amides is 1. The zero-order valence-corrected chi connectivity index (χ0v) is 19.8. The van der Waals surface area contributed by atoms with E-state index >= 15 is 0 Å². The van der Waals surface area contributed by atoms with Crippen molar-refractivity contribution in [3.63, 3.8) is 0 Å². The number of phenols is 1. The third-order valence-corrected chi connectivity index (χ3v) is 5.32. The second kappa shape index (κ2) is 8.24. The molecule has 7 nitrogen and oxygen atoms in total. The van der Waals surface area contributed by atoms with Crippen LogP contribution in [0.1, 0.15) is 40.2 Å². The Hall–Kier alpha value is -3.44. The highest BCUT2D eigenvalue weighted by atomic mass is 32.1. The molecule has 32 heavy (non-hydrogen) atoms. The fourth-order valence-electron chi connectivity index (χ4n) is 3.53. The third-order valence-electron chi connectivity index (χ3n) is 4.96. The number of carbonyl (C=O) groups excluding carboxylic acids is 1. The van der Waals surface area contributed by atoms with Gasteiger partial charge < -0.3 is 14.7 Å². The summed E-state index contributed by atoms with van der Waals surface area (Å²) in [5.74, 6) is 0.543. The Bertz CT molecular complexity index is 1140. The summed E-state index contributed by atoms with van der Waals surface area (Å²) in [6.45, 7) is 18.3. The van der Waals surface area contributed by atoms with E-state index in [2.05, 4.69) is 9.84 Å². The molecule has 0 aliphatic carbocycles. The number of aromatic hydroxyl groups is 1. The minimum Gasteiger partial charge on any atom is -0.508 e. The molecule has 0 radical (unpaired) electrons. The average Bonchev–Trinajstić information content (AvgIpc) is 2.86. The highest BCUT2D eigenvalue weighted by Crippen LogP contribution is 2.38. The molecular weight excluding hydrogens is 424 g/mol. The Morgan fingerprint density at radius 1 is 1.16 bits per heavy atom. The van der Waals surface area contributed by atoms with E-state index in [-0.39, 0.29) is 5.75 Å². The van der Waals surface area contributed by atoms with Gasteiger partial charge in [-0.25, -0.2) is 9.64 Å². The lowest BCUT2D eigenvalue weighted by Gasteiger charge is -2.31. The first-order chi connectivity index (χ1) is 14.8. The highest BCUT2D eigenvalue weighted by molar-refractivity contribution is 7.81. The number of hydrogen-bond acceptors (Lipinski definition) is 4. The summed E-state index contributed by atoms with van der Waals surface area (Å²) < 4.78 is 5.44. The summed E-state index contributed by atoms with van der Waals surface area (Å²) in [6.07, 6.45) is -0.713. The minimum absolute atomic E-state index is 0.140. The van der Waals surface area contributed by atoms with Crippen molar-refractivity contribution in [2.75, 3.05) is 9.80 Å². The Morgan fingerprint density at radius 2 is 1.75 bits per heavy atom. The summed E-state index contributed by atoms with van der Waals surface area (Å²) in [4.78, 5) is 24.1. The van der Waals surface area contributed by atoms with Crippen LogP contribution in [0.5, 0.6) is 5.75 Å². The van der Waals surface area contributed by atoms with E-state index in [0.717, 1.165) is 11.3 Å². The van der Waals surface area contributed by atoms with Crippen molar-refractivity contribution in [1.82, 2.24) is 0 Å². The molecule has 0 spiro atoms. The van der Waals surface area contributed by atoms with Crippen LogP contribution in [0.2, 0.25) is 0 Å². The van der Waals surface area contributed by atoms with E-state index in [1.54, 1.807) is 62.1 Å². The van der Waals surface area contributed by atoms with E-state index in [1.165, 1.54) is 0 Å². The van der Waals surface area contributed by atoms with Crippen molar-refractivity contribution in [3.05, 3.63) is 59.4 Å². The fourth-order valence-corrected chi connectivity index (χ4v) is 4.06. The van der Waals surface area contributed by atoms with Crippen LogP contribution < -0.4 is 9.80 Å². The summed E-state index contributed by atoms with van der Waals surface area (Å²) in [5, 5.41) is 10.1. The van der Waals surface area contributed by atoms with Crippen molar-refractivity contribution >= 4 is 46.3 Å². The zero-order valence-electron chi connectivity index (χ0n) is 19.0. The Balaban J connectivity index is 2.18. The summed E-state index contributed by atoms with van der Waals surface area (Å²) >= 11 is 5.85. The highest BCUT2D eigenvalue weighted by Gasteiger charge is 2.49. The molecule has 2 aromatic rings. The van der Waals surface area contributed by atoms with Gasteiger partial charge in [-0.05, 0) is 95.7 Å². The van der Waals surface area contributed by atoms with Crippen LogP contribution in [0.15, 0.2) is 47.5 Å². The molecule has 1 N–H and O–H groups in total. The van der Waals surface area contributed by atoms with E-state index < -0.39 is 17.2 Å². The second-order valence-corrected chi connectivity index (χ2v) is 9.39. The SMILES string of the molecule is [C-]#[N+]c1ccc(N2C(=S)N(c3ccc(O)cc3)C(C)(C)C2=NC(=O)OC(C)(C)C)cc1C. The number of nitrogens with zero attached hydrogens (tertiary/aromatic N) is 4. The number of aliphatic imine (C=N–C) groups is 1. The number of rotatable bonds is 2. The molecule has 166 valence electrons. The normalized spacial score (nSPS) is 16.9. The van der Waals surface area contributed by atoms with E-state index in [9.17, 15) is 9.90 Å². The second-order valence-electron chi connectivity index (χ2n) is 9.03. The first-order valence-electron chi connectivity index (χ1n) is 10.1. The van der Waals surface area contributed by atoms with Gasteiger partial charge in [0, 0.05) is 11.4 Å². The molecule has 0 saturated carbocycles. The Labute approximate surface area is 193 Å². The molecule has 8 heteroatoms. The van der Waals surface area contributed by atoms with Crippen molar-refractivity contribution in [2.45, 2.75) is 52.7 Å². The van der Waals surface area contributed by atoms with Crippen molar-refractivity contribution < 1.29 is 14.6 Å². The first kappa shape index (κ1) is 23.2. The standard InChI is InChI=1S/C24H26N4O3S/c1-15-14-17(10-13-19(15)25-7)27-20(26-21(30)31-23(2,3)4)24(5,6)28(22(27)32)16-8-11-18(29)12-9-16/h8-14,29H,1-6H3. The van der Waals surface area contributed by atoms with Crippen LogP contribution in [-0.4, -0.2) is 33.3 Å². The van der Waals surface area contributed by atoms with Crippen LogP contribution in [0.3, 0.4) is 0 Å². The van der Waals surface area contributed by atoms with Crippen LogP contribution in [0, 0.1) is 13.5 Å². The predicted octanol–water partition coefficient (Wildman–Crippen LogP) is 5.98. The Morgan fingerprint density at radius 3 is 2.28 bits per heavy atom. The molecular formula is C24H26N4O3S. The molecule has 0 bridgehead atoms. The zero-order chi connectivity index (χ0) is 23.8. The number of ether oxygens (including phenoxy) is 1. The quantitative estimate of drug-likeness (QED) is 0.449. The molecule has 2 aromatic carbocycles. The van der Waals surface area contributed by atoms with Gasteiger partial charge in [-0.1, -0.05) is 6.07 Å². The molecule has 0 unspecified atom stereocenters. The Kier molecular flexibility index (Phi) is 5.98. The van der Waals surface area contributed by atoms with Crippen LogP contribution in [0.4, 0.5) is 21.9 Å². The van der Waals surface area contributed by atoms with Gasteiger partial charge in [-0.3, -0.25) is 4.90 Å². The van der Waals surface area contributed by atoms with Crippen LogP contribution >= 0.6 is 12.2 Å². The number of hydrogen-bond donors (Lipinski definition) is 1. The van der Waals surface area contributed by atoms with Gasteiger partial charge in [0.2, 0.25) is 0 Å². The lowest BCUT2D eigenvalue weighted by Crippen LogP contribution is -2.45. The van der Waals surface area contributed by atoms with Crippen molar-refractivity contribution in [2.24, 2.45) is 4.99 Å². The predicted molar refractivity (Wildman–Crippen MR) is 131 cm³/mol. The smallest absolute Gasteiger partial charge is 0.435 e. The summed E-state index contributed by atoms with van der Waals surface area (Å²) in [7, 11) is 0. The molecule has 0 atom stereocenters. The number of phenolic OH excluding ortho intramolecular Hbond substituents is 1. The van der Waals surface area contributed by atoms with Gasteiger partial charge >= 0.3 is 6.09 Å². The molecule has 1 fully saturated rings. The molecule has 1 aliphatic heterocycles. The maximum Gasteiger partial charge on any atom is 0.435 e. The maximum atomic E-state index is 12.7. The molecule has 3 rings (SSSR count). The molecule has 1 heterocycles. The molecule has 1 saturated heterocycles. The van der Waals surface area contributed by atoms with E-state index in [4.69, 9.17) is 23.5 Å². The first-order valence-corrected chi connectivity index (χ1v) is 10.5. The van der Waals surface area contributed by atoms with Gasteiger partial charge in [0.15, 0.2) is 10.8 Å². The number of aryl methyl sites for hydroxylation is 1. The molecule has 1 aliphatic rings. The maximum absolute atomic E-state index is 12.7. The van der Waals surface area contributed by atoms with Crippen LogP contribution in [-0.2, 0) is 4.74 Å².